The molecule has 0 fully saturated rings. The second kappa shape index (κ2) is 3.02. The van der Waals surface area contributed by atoms with Crippen LogP contribution in [-0.4, -0.2) is 4.98 Å². The monoisotopic (exact) mass is 187 g/mol. The lowest BCUT2D eigenvalue weighted by Crippen LogP contribution is -2.15. The Morgan fingerprint density at radius 1 is 1.42 bits per heavy atom. The van der Waals surface area contributed by atoms with Gasteiger partial charge in [0.2, 0.25) is 0 Å². The van der Waals surface area contributed by atoms with E-state index in [-0.39, 0.29) is 11.2 Å². The van der Waals surface area contributed by atoms with Crippen molar-refractivity contribution in [3.8, 4) is 0 Å². The fraction of sp³-hybridized carbons (Fsp3) is 0.444. The molecule has 1 heterocycles. The molecule has 1 aromatic rings. The molecule has 0 aliphatic rings. The molecule has 12 heavy (non-hydrogen) atoms. The molecule has 0 aliphatic heterocycles. The molecule has 0 saturated heterocycles. The number of hydrogen-bond donors (Lipinski definition) is 0. The van der Waals surface area contributed by atoms with Crippen molar-refractivity contribution in [2.75, 3.05) is 0 Å². The van der Waals surface area contributed by atoms with Gasteiger partial charge < -0.3 is 0 Å². The maximum Gasteiger partial charge on any atom is 0.146 e. The van der Waals surface area contributed by atoms with Crippen molar-refractivity contribution in [3.63, 3.8) is 0 Å². The summed E-state index contributed by atoms with van der Waals surface area (Å²) in [5.74, 6) is -0.338. The van der Waals surface area contributed by atoms with Crippen molar-refractivity contribution >= 4 is 11.6 Å². The van der Waals surface area contributed by atoms with Crippen LogP contribution in [0.2, 0.25) is 5.02 Å². The molecular weight excluding hydrogens is 177 g/mol. The molecule has 0 aliphatic carbocycles. The van der Waals surface area contributed by atoms with Gasteiger partial charge in [0.1, 0.15) is 5.82 Å². The second-order valence-corrected chi connectivity index (χ2v) is 4.17. The Morgan fingerprint density at radius 3 is 2.42 bits per heavy atom. The van der Waals surface area contributed by atoms with Gasteiger partial charge in [0, 0.05) is 11.6 Å². The van der Waals surface area contributed by atoms with Gasteiger partial charge in [-0.25, -0.2) is 4.39 Å². The molecular formula is C9H11ClFN. The van der Waals surface area contributed by atoms with E-state index in [1.165, 1.54) is 12.3 Å². The van der Waals surface area contributed by atoms with Gasteiger partial charge in [-0.15, -0.1) is 0 Å². The summed E-state index contributed by atoms with van der Waals surface area (Å²) in [5, 5.41) is 0.334. The lowest BCUT2D eigenvalue weighted by atomic mass is 9.91. The molecule has 1 aromatic heterocycles. The quantitative estimate of drug-likeness (QED) is 0.608. The van der Waals surface area contributed by atoms with E-state index in [0.717, 1.165) is 0 Å². The highest BCUT2D eigenvalue weighted by atomic mass is 35.5. The van der Waals surface area contributed by atoms with Crippen LogP contribution in [-0.2, 0) is 5.41 Å². The zero-order valence-electron chi connectivity index (χ0n) is 7.36. The van der Waals surface area contributed by atoms with E-state index in [4.69, 9.17) is 11.6 Å². The van der Waals surface area contributed by atoms with E-state index in [2.05, 4.69) is 4.98 Å². The average Bonchev–Trinajstić information content (AvgIpc) is 1.83. The summed E-state index contributed by atoms with van der Waals surface area (Å²) in [6.07, 6.45) is 1.46. The smallest absolute Gasteiger partial charge is 0.146 e. The number of halogens is 2. The fourth-order valence-corrected chi connectivity index (χ4v) is 1.11. The average molecular weight is 188 g/mol. The molecule has 0 radical (unpaired) electrons. The molecule has 3 heteroatoms. The van der Waals surface area contributed by atoms with E-state index in [1.54, 1.807) is 0 Å². The van der Waals surface area contributed by atoms with Crippen molar-refractivity contribution in [2.45, 2.75) is 26.2 Å². The third kappa shape index (κ3) is 1.95. The standard InChI is InChI=1S/C9H11ClFN/c1-9(2,3)8-7(11)4-6(10)5-12-8/h4-5H,1-3H3. The molecule has 0 atom stereocenters. The van der Waals surface area contributed by atoms with Gasteiger partial charge >= 0.3 is 0 Å². The highest BCUT2D eigenvalue weighted by Crippen LogP contribution is 2.24. The SMILES string of the molecule is CC(C)(C)c1ncc(Cl)cc1F. The summed E-state index contributed by atoms with van der Waals surface area (Å²) < 4.78 is 13.2. The van der Waals surface area contributed by atoms with Crippen LogP contribution in [0.5, 0.6) is 0 Å². The topological polar surface area (TPSA) is 12.9 Å². The molecule has 0 amide bonds. The van der Waals surface area contributed by atoms with Crippen molar-refractivity contribution in [2.24, 2.45) is 0 Å². The molecule has 0 unspecified atom stereocenters. The first-order chi connectivity index (χ1) is 5.41. The summed E-state index contributed by atoms with van der Waals surface area (Å²) in [5.41, 5.74) is 0.182. The molecule has 66 valence electrons. The van der Waals surface area contributed by atoms with Crippen molar-refractivity contribution < 1.29 is 4.39 Å². The molecule has 1 nitrogen and oxygen atoms in total. The lowest BCUT2D eigenvalue weighted by molar-refractivity contribution is 0.503. The van der Waals surface area contributed by atoms with Crippen LogP contribution in [0.15, 0.2) is 12.3 Å². The molecule has 1 rings (SSSR count). The summed E-state index contributed by atoms with van der Waals surface area (Å²) >= 11 is 5.56. The number of hydrogen-bond acceptors (Lipinski definition) is 1. The largest absolute Gasteiger partial charge is 0.256 e. The Balaban J connectivity index is 3.19. The molecule has 0 bridgehead atoms. The minimum absolute atomic E-state index is 0.269. The predicted octanol–water partition coefficient (Wildman–Crippen LogP) is 3.17. The maximum absolute atomic E-state index is 13.2. The Hall–Kier alpha value is -0.630. The third-order valence-electron chi connectivity index (χ3n) is 1.52. The lowest BCUT2D eigenvalue weighted by Gasteiger charge is -2.17. The number of rotatable bonds is 0. The van der Waals surface area contributed by atoms with Crippen LogP contribution in [0.1, 0.15) is 26.5 Å². The summed E-state index contributed by atoms with van der Waals surface area (Å²) in [6.45, 7) is 5.73. The van der Waals surface area contributed by atoms with Crippen LogP contribution < -0.4 is 0 Å². The first-order valence-corrected chi connectivity index (χ1v) is 4.10. The first kappa shape index (κ1) is 9.46. The Labute approximate surface area is 76.6 Å². The van der Waals surface area contributed by atoms with Gasteiger partial charge in [-0.3, -0.25) is 4.98 Å². The summed E-state index contributed by atoms with van der Waals surface area (Å²) in [7, 11) is 0. The van der Waals surface area contributed by atoms with Crippen molar-refractivity contribution in [3.05, 3.63) is 28.8 Å². The Kier molecular flexibility index (Phi) is 2.38. The maximum atomic E-state index is 13.2. The minimum Gasteiger partial charge on any atom is -0.256 e. The predicted molar refractivity (Wildman–Crippen MR) is 47.9 cm³/mol. The van der Waals surface area contributed by atoms with E-state index in [0.29, 0.717) is 10.7 Å². The van der Waals surface area contributed by atoms with E-state index < -0.39 is 0 Å². The van der Waals surface area contributed by atoms with Gasteiger partial charge in [-0.1, -0.05) is 32.4 Å². The van der Waals surface area contributed by atoms with Gasteiger partial charge in [-0.2, -0.15) is 0 Å². The van der Waals surface area contributed by atoms with Gasteiger partial charge in [0.25, 0.3) is 0 Å². The number of nitrogens with zero attached hydrogens (tertiary/aromatic N) is 1. The number of pyridine rings is 1. The van der Waals surface area contributed by atoms with Crippen LogP contribution in [0, 0.1) is 5.82 Å². The van der Waals surface area contributed by atoms with Crippen LogP contribution in [0.4, 0.5) is 4.39 Å². The third-order valence-corrected chi connectivity index (χ3v) is 1.72. The zero-order chi connectivity index (χ0) is 9.35. The van der Waals surface area contributed by atoms with Crippen LogP contribution >= 0.6 is 11.6 Å². The molecule has 0 aromatic carbocycles. The second-order valence-electron chi connectivity index (χ2n) is 3.73. The van der Waals surface area contributed by atoms with Crippen LogP contribution in [0.25, 0.3) is 0 Å². The van der Waals surface area contributed by atoms with E-state index in [9.17, 15) is 4.39 Å². The highest BCUT2D eigenvalue weighted by molar-refractivity contribution is 6.30. The van der Waals surface area contributed by atoms with E-state index in [1.807, 2.05) is 20.8 Å². The molecule has 0 N–H and O–H groups in total. The number of aromatic nitrogens is 1. The molecule has 0 saturated carbocycles. The zero-order valence-corrected chi connectivity index (χ0v) is 8.11. The van der Waals surface area contributed by atoms with Crippen LogP contribution in [0.3, 0.4) is 0 Å². The Morgan fingerprint density at radius 2 is 2.00 bits per heavy atom. The summed E-state index contributed by atoms with van der Waals surface area (Å²) in [4.78, 5) is 3.94. The van der Waals surface area contributed by atoms with E-state index >= 15 is 0 Å². The van der Waals surface area contributed by atoms with Crippen molar-refractivity contribution in [1.82, 2.24) is 4.98 Å². The fourth-order valence-electron chi connectivity index (χ4n) is 0.966. The minimum atomic E-state index is -0.338. The Bertz CT molecular complexity index is 291. The van der Waals surface area contributed by atoms with Gasteiger partial charge in [0.15, 0.2) is 0 Å². The molecule has 0 spiro atoms. The first-order valence-electron chi connectivity index (χ1n) is 3.73. The normalized spacial score (nSPS) is 11.8. The summed E-state index contributed by atoms with van der Waals surface area (Å²) in [6, 6.07) is 1.29. The highest BCUT2D eigenvalue weighted by Gasteiger charge is 2.19. The van der Waals surface area contributed by atoms with Gasteiger partial charge in [-0.05, 0) is 6.07 Å². The van der Waals surface area contributed by atoms with Gasteiger partial charge in [0.05, 0.1) is 10.7 Å². The van der Waals surface area contributed by atoms with Crippen molar-refractivity contribution in [1.29, 1.82) is 0 Å².